The Morgan fingerprint density at radius 2 is 2.12 bits per heavy atom. The van der Waals surface area contributed by atoms with E-state index in [0.717, 1.165) is 52.0 Å². The zero-order valence-corrected chi connectivity index (χ0v) is 11.5. The summed E-state index contributed by atoms with van der Waals surface area (Å²) in [5.74, 6) is 0.162. The molecule has 1 unspecified atom stereocenters. The second-order valence-corrected chi connectivity index (χ2v) is 5.00. The van der Waals surface area contributed by atoms with E-state index < -0.39 is 0 Å². The molecule has 1 atom stereocenters. The molecule has 1 fully saturated rings. The number of amides is 1. The smallest absolute Gasteiger partial charge is 0.240 e. The van der Waals surface area contributed by atoms with Crippen LogP contribution in [0.15, 0.2) is 0 Å². The molecule has 1 heterocycles. The van der Waals surface area contributed by atoms with Crippen LogP contribution in [0, 0.1) is 0 Å². The van der Waals surface area contributed by atoms with Gasteiger partial charge < -0.3 is 15.5 Å². The zero-order chi connectivity index (χ0) is 12.7. The van der Waals surface area contributed by atoms with Gasteiger partial charge in [0, 0.05) is 6.54 Å². The summed E-state index contributed by atoms with van der Waals surface area (Å²) in [5.41, 5.74) is -0.324. The summed E-state index contributed by atoms with van der Waals surface area (Å²) in [6, 6.07) is 0. The van der Waals surface area contributed by atoms with Gasteiger partial charge in [-0.2, -0.15) is 0 Å². The molecule has 2 N–H and O–H groups in total. The van der Waals surface area contributed by atoms with Crippen LogP contribution in [0.3, 0.4) is 0 Å². The number of carbonyl (C=O) groups is 1. The SMILES string of the molecule is CCN(CC)CCCNC(=O)C1(C)CCCN1. The number of nitrogens with one attached hydrogen (secondary N) is 2. The average molecular weight is 241 g/mol. The van der Waals surface area contributed by atoms with Crippen molar-refractivity contribution in [2.75, 3.05) is 32.7 Å². The molecule has 1 saturated heterocycles. The maximum atomic E-state index is 12.0. The molecular formula is C13H27N3O. The van der Waals surface area contributed by atoms with Crippen LogP contribution in [0.1, 0.15) is 40.0 Å². The molecule has 0 aromatic carbocycles. The fourth-order valence-electron chi connectivity index (χ4n) is 2.33. The molecule has 0 aliphatic carbocycles. The van der Waals surface area contributed by atoms with E-state index in [4.69, 9.17) is 0 Å². The van der Waals surface area contributed by atoms with Crippen LogP contribution < -0.4 is 10.6 Å². The van der Waals surface area contributed by atoms with Crippen molar-refractivity contribution in [1.82, 2.24) is 15.5 Å². The molecular weight excluding hydrogens is 214 g/mol. The standard InChI is InChI=1S/C13H27N3O/c1-4-16(5-2)11-7-9-14-12(17)13(3)8-6-10-15-13/h15H,4-11H2,1-3H3,(H,14,17). The predicted octanol–water partition coefficient (Wildman–Crippen LogP) is 0.977. The predicted molar refractivity (Wildman–Crippen MR) is 71.1 cm³/mol. The Hall–Kier alpha value is -0.610. The Morgan fingerprint density at radius 3 is 2.65 bits per heavy atom. The summed E-state index contributed by atoms with van der Waals surface area (Å²) in [6.45, 7) is 11.3. The molecule has 0 radical (unpaired) electrons. The third-order valence-corrected chi connectivity index (χ3v) is 3.70. The van der Waals surface area contributed by atoms with Crippen molar-refractivity contribution in [2.24, 2.45) is 0 Å². The fraction of sp³-hybridized carbons (Fsp3) is 0.923. The third kappa shape index (κ3) is 4.28. The molecule has 0 saturated carbocycles. The summed E-state index contributed by atoms with van der Waals surface area (Å²) in [7, 11) is 0. The highest BCUT2D eigenvalue weighted by atomic mass is 16.2. The third-order valence-electron chi connectivity index (χ3n) is 3.70. The van der Waals surface area contributed by atoms with E-state index in [2.05, 4.69) is 29.4 Å². The Bertz CT molecular complexity index is 233. The van der Waals surface area contributed by atoms with Gasteiger partial charge in [-0.1, -0.05) is 13.8 Å². The Labute approximate surface area is 105 Å². The van der Waals surface area contributed by atoms with Crippen LogP contribution in [0.5, 0.6) is 0 Å². The Balaban J connectivity index is 2.16. The van der Waals surface area contributed by atoms with Crippen LogP contribution in [0.4, 0.5) is 0 Å². The molecule has 1 amide bonds. The molecule has 0 aromatic rings. The number of hydrogen-bond acceptors (Lipinski definition) is 3. The maximum absolute atomic E-state index is 12.0. The maximum Gasteiger partial charge on any atom is 0.240 e. The first-order valence-electron chi connectivity index (χ1n) is 6.88. The zero-order valence-electron chi connectivity index (χ0n) is 11.5. The average Bonchev–Trinajstić information content (AvgIpc) is 2.77. The highest BCUT2D eigenvalue weighted by molar-refractivity contribution is 5.86. The van der Waals surface area contributed by atoms with Gasteiger partial charge >= 0.3 is 0 Å². The Kier molecular flexibility index (Phi) is 5.92. The quantitative estimate of drug-likeness (QED) is 0.653. The van der Waals surface area contributed by atoms with Crippen LogP contribution in [-0.2, 0) is 4.79 Å². The summed E-state index contributed by atoms with van der Waals surface area (Å²) < 4.78 is 0. The molecule has 17 heavy (non-hydrogen) atoms. The van der Waals surface area contributed by atoms with Crippen LogP contribution in [0.2, 0.25) is 0 Å². The van der Waals surface area contributed by atoms with Gasteiger partial charge in [-0.15, -0.1) is 0 Å². The molecule has 0 spiro atoms. The lowest BCUT2D eigenvalue weighted by Crippen LogP contribution is -2.51. The van der Waals surface area contributed by atoms with E-state index in [1.807, 2.05) is 6.92 Å². The second kappa shape index (κ2) is 6.97. The van der Waals surface area contributed by atoms with Gasteiger partial charge in [-0.3, -0.25) is 4.79 Å². The molecule has 1 aliphatic rings. The number of hydrogen-bond donors (Lipinski definition) is 2. The highest BCUT2D eigenvalue weighted by Gasteiger charge is 2.35. The van der Waals surface area contributed by atoms with Crippen molar-refractivity contribution < 1.29 is 4.79 Å². The number of rotatable bonds is 7. The minimum absolute atomic E-state index is 0.162. The minimum atomic E-state index is -0.324. The summed E-state index contributed by atoms with van der Waals surface area (Å²) in [6.07, 6.45) is 3.09. The van der Waals surface area contributed by atoms with E-state index in [0.29, 0.717) is 0 Å². The van der Waals surface area contributed by atoms with Crippen molar-refractivity contribution in [2.45, 2.75) is 45.6 Å². The van der Waals surface area contributed by atoms with Crippen LogP contribution in [-0.4, -0.2) is 49.1 Å². The van der Waals surface area contributed by atoms with Crippen LogP contribution >= 0.6 is 0 Å². The summed E-state index contributed by atoms with van der Waals surface area (Å²) in [4.78, 5) is 14.3. The molecule has 0 bridgehead atoms. The molecule has 0 aromatic heterocycles. The van der Waals surface area contributed by atoms with E-state index in [1.165, 1.54) is 0 Å². The van der Waals surface area contributed by atoms with Crippen molar-refractivity contribution in [3.05, 3.63) is 0 Å². The van der Waals surface area contributed by atoms with Crippen molar-refractivity contribution in [3.8, 4) is 0 Å². The van der Waals surface area contributed by atoms with Gasteiger partial charge in [0.15, 0.2) is 0 Å². The normalized spacial score (nSPS) is 24.2. The van der Waals surface area contributed by atoms with E-state index >= 15 is 0 Å². The molecule has 4 nitrogen and oxygen atoms in total. The van der Waals surface area contributed by atoms with E-state index in [9.17, 15) is 4.79 Å². The minimum Gasteiger partial charge on any atom is -0.354 e. The van der Waals surface area contributed by atoms with Gasteiger partial charge in [0.1, 0.15) is 0 Å². The topological polar surface area (TPSA) is 44.4 Å². The summed E-state index contributed by atoms with van der Waals surface area (Å²) in [5, 5.41) is 6.32. The van der Waals surface area contributed by atoms with Gasteiger partial charge in [0.25, 0.3) is 0 Å². The summed E-state index contributed by atoms with van der Waals surface area (Å²) >= 11 is 0. The lowest BCUT2D eigenvalue weighted by atomic mass is 9.99. The molecule has 100 valence electrons. The van der Waals surface area contributed by atoms with Crippen molar-refractivity contribution in [1.29, 1.82) is 0 Å². The second-order valence-electron chi connectivity index (χ2n) is 5.00. The van der Waals surface area contributed by atoms with E-state index in [1.54, 1.807) is 0 Å². The first kappa shape index (κ1) is 14.5. The van der Waals surface area contributed by atoms with Gasteiger partial charge in [0.2, 0.25) is 5.91 Å². The molecule has 1 rings (SSSR count). The lowest BCUT2D eigenvalue weighted by molar-refractivity contribution is -0.126. The van der Waals surface area contributed by atoms with Gasteiger partial charge in [-0.25, -0.2) is 0 Å². The largest absolute Gasteiger partial charge is 0.354 e. The molecule has 4 heteroatoms. The fourth-order valence-corrected chi connectivity index (χ4v) is 2.33. The molecule has 1 aliphatic heterocycles. The van der Waals surface area contributed by atoms with Crippen molar-refractivity contribution in [3.63, 3.8) is 0 Å². The number of carbonyl (C=O) groups excluding carboxylic acids is 1. The van der Waals surface area contributed by atoms with Crippen LogP contribution in [0.25, 0.3) is 0 Å². The van der Waals surface area contributed by atoms with Gasteiger partial charge in [-0.05, 0) is 52.4 Å². The van der Waals surface area contributed by atoms with Gasteiger partial charge in [0.05, 0.1) is 5.54 Å². The first-order valence-corrected chi connectivity index (χ1v) is 6.88. The van der Waals surface area contributed by atoms with Crippen molar-refractivity contribution >= 4 is 5.91 Å². The van der Waals surface area contributed by atoms with E-state index in [-0.39, 0.29) is 11.4 Å². The lowest BCUT2D eigenvalue weighted by Gasteiger charge is -2.23. The number of nitrogens with zero attached hydrogens (tertiary/aromatic N) is 1. The first-order chi connectivity index (χ1) is 8.12. The Morgan fingerprint density at radius 1 is 1.41 bits per heavy atom. The highest BCUT2D eigenvalue weighted by Crippen LogP contribution is 2.18. The monoisotopic (exact) mass is 241 g/mol.